The van der Waals surface area contributed by atoms with E-state index < -0.39 is 11.6 Å². The molecule has 1 heterocycles. The second-order valence-corrected chi connectivity index (χ2v) is 8.43. The van der Waals surface area contributed by atoms with Crippen LogP contribution in [0.4, 0.5) is 8.78 Å². The van der Waals surface area contributed by atoms with Crippen molar-refractivity contribution >= 4 is 0 Å². The van der Waals surface area contributed by atoms with Gasteiger partial charge < -0.3 is 9.22 Å². The molecule has 152 valence electrons. The van der Waals surface area contributed by atoms with Gasteiger partial charge in [0.2, 0.25) is 0 Å². The standard InChI is InChI=1S/C24H32F2NO/c1-18-9-6-10-19(2)24(18)23(17-27(3)14-4-5-15-27)28-16-8-11-20-21(25)12-7-13-22(20)26/h6-7,9-10,12-13,23H,4-5,8,11,14-17H2,1-3H3/q+1. The lowest BCUT2D eigenvalue weighted by Crippen LogP contribution is -2.44. The normalized spacial score (nSPS) is 17.0. The fourth-order valence-corrected chi connectivity index (χ4v) is 4.49. The molecule has 0 amide bonds. The summed E-state index contributed by atoms with van der Waals surface area (Å²) in [5.41, 5.74) is 3.92. The van der Waals surface area contributed by atoms with Gasteiger partial charge in [-0.15, -0.1) is 0 Å². The van der Waals surface area contributed by atoms with E-state index in [-0.39, 0.29) is 11.7 Å². The lowest BCUT2D eigenvalue weighted by Gasteiger charge is -2.34. The molecule has 0 radical (unpaired) electrons. The van der Waals surface area contributed by atoms with Crippen LogP contribution in [0.2, 0.25) is 0 Å². The van der Waals surface area contributed by atoms with Gasteiger partial charge in [-0.05, 0) is 55.5 Å². The zero-order valence-corrected chi connectivity index (χ0v) is 17.3. The molecule has 1 atom stereocenters. The molecule has 2 nitrogen and oxygen atoms in total. The third-order valence-corrected chi connectivity index (χ3v) is 6.07. The lowest BCUT2D eigenvalue weighted by atomic mass is 9.97. The van der Waals surface area contributed by atoms with E-state index in [1.807, 2.05) is 0 Å². The van der Waals surface area contributed by atoms with Crippen molar-refractivity contribution in [3.63, 3.8) is 0 Å². The third-order valence-electron chi connectivity index (χ3n) is 6.07. The second-order valence-electron chi connectivity index (χ2n) is 8.43. The van der Waals surface area contributed by atoms with Gasteiger partial charge in [0.05, 0.1) is 20.1 Å². The maximum Gasteiger partial charge on any atom is 0.132 e. The van der Waals surface area contributed by atoms with Gasteiger partial charge in [-0.3, -0.25) is 0 Å². The smallest absolute Gasteiger partial charge is 0.132 e. The van der Waals surface area contributed by atoms with Crippen molar-refractivity contribution in [2.75, 3.05) is 33.3 Å². The quantitative estimate of drug-likeness (QED) is 0.428. The first-order valence-corrected chi connectivity index (χ1v) is 10.3. The molecular formula is C24H32F2NO+. The van der Waals surface area contributed by atoms with Gasteiger partial charge in [-0.2, -0.15) is 0 Å². The number of hydrogen-bond donors (Lipinski definition) is 0. The minimum atomic E-state index is -0.471. The highest BCUT2D eigenvalue weighted by Crippen LogP contribution is 2.30. The van der Waals surface area contributed by atoms with Crippen molar-refractivity contribution in [3.05, 3.63) is 70.3 Å². The monoisotopic (exact) mass is 388 g/mol. The Morgan fingerprint density at radius 1 is 0.964 bits per heavy atom. The van der Waals surface area contributed by atoms with E-state index in [0.717, 1.165) is 11.0 Å². The van der Waals surface area contributed by atoms with Gasteiger partial charge in [0.15, 0.2) is 0 Å². The maximum absolute atomic E-state index is 13.8. The Bertz CT molecular complexity index is 759. The molecule has 0 spiro atoms. The van der Waals surface area contributed by atoms with Crippen LogP contribution in [-0.2, 0) is 11.2 Å². The predicted octanol–water partition coefficient (Wildman–Crippen LogP) is 5.51. The van der Waals surface area contributed by atoms with E-state index in [9.17, 15) is 8.78 Å². The summed E-state index contributed by atoms with van der Waals surface area (Å²) in [7, 11) is 2.31. The van der Waals surface area contributed by atoms with E-state index in [0.29, 0.717) is 19.4 Å². The van der Waals surface area contributed by atoms with Gasteiger partial charge in [-0.25, -0.2) is 8.78 Å². The van der Waals surface area contributed by atoms with Crippen LogP contribution in [0.1, 0.15) is 47.6 Å². The minimum absolute atomic E-state index is 0.00904. The van der Waals surface area contributed by atoms with Crippen molar-refractivity contribution in [3.8, 4) is 0 Å². The molecule has 0 saturated carbocycles. The van der Waals surface area contributed by atoms with Crippen LogP contribution in [0.3, 0.4) is 0 Å². The summed E-state index contributed by atoms with van der Waals surface area (Å²) >= 11 is 0. The molecule has 1 aliphatic rings. The molecule has 4 heteroatoms. The second kappa shape index (κ2) is 9.15. The fourth-order valence-electron chi connectivity index (χ4n) is 4.49. The topological polar surface area (TPSA) is 9.23 Å². The van der Waals surface area contributed by atoms with Gasteiger partial charge >= 0.3 is 0 Å². The Morgan fingerprint density at radius 3 is 2.14 bits per heavy atom. The summed E-state index contributed by atoms with van der Waals surface area (Å²) in [4.78, 5) is 0. The minimum Gasteiger partial charge on any atom is -0.368 e. The zero-order valence-electron chi connectivity index (χ0n) is 17.3. The molecule has 0 aromatic heterocycles. The first-order valence-electron chi connectivity index (χ1n) is 10.3. The summed E-state index contributed by atoms with van der Waals surface area (Å²) in [5, 5.41) is 0. The van der Waals surface area contributed by atoms with Crippen molar-refractivity contribution in [2.24, 2.45) is 0 Å². The molecule has 1 saturated heterocycles. The van der Waals surface area contributed by atoms with Crippen molar-refractivity contribution in [1.29, 1.82) is 0 Å². The Morgan fingerprint density at radius 2 is 1.54 bits per heavy atom. The van der Waals surface area contributed by atoms with Crippen LogP contribution in [0.5, 0.6) is 0 Å². The maximum atomic E-state index is 13.8. The molecule has 2 aromatic carbocycles. The number of likely N-dealkylation sites (N-methyl/N-ethyl adjacent to an activating group) is 1. The Kier molecular flexibility index (Phi) is 6.84. The van der Waals surface area contributed by atoms with Crippen LogP contribution in [0, 0.1) is 25.5 Å². The third kappa shape index (κ3) is 4.98. The number of ether oxygens (including phenoxy) is 1. The van der Waals surface area contributed by atoms with Crippen LogP contribution < -0.4 is 0 Å². The van der Waals surface area contributed by atoms with Gasteiger partial charge in [0.25, 0.3) is 0 Å². The highest BCUT2D eigenvalue weighted by atomic mass is 19.1. The number of likely N-dealkylation sites (tertiary alicyclic amines) is 1. The van der Waals surface area contributed by atoms with Gasteiger partial charge in [0, 0.05) is 25.0 Å². The number of rotatable bonds is 8. The summed E-state index contributed by atoms with van der Waals surface area (Å²) < 4.78 is 35.1. The van der Waals surface area contributed by atoms with Gasteiger partial charge in [0.1, 0.15) is 24.3 Å². The molecule has 0 N–H and O–H groups in total. The van der Waals surface area contributed by atoms with Crippen LogP contribution >= 0.6 is 0 Å². The van der Waals surface area contributed by atoms with E-state index in [1.165, 1.54) is 60.8 Å². The average Bonchev–Trinajstić information content (AvgIpc) is 3.06. The fraction of sp³-hybridized carbons (Fsp3) is 0.500. The molecule has 1 aliphatic heterocycles. The molecule has 28 heavy (non-hydrogen) atoms. The number of nitrogens with zero attached hydrogens (tertiary/aromatic N) is 1. The van der Waals surface area contributed by atoms with E-state index >= 15 is 0 Å². The largest absolute Gasteiger partial charge is 0.368 e. The van der Waals surface area contributed by atoms with Crippen LogP contribution in [-0.4, -0.2) is 37.8 Å². The zero-order chi connectivity index (χ0) is 20.1. The molecule has 3 rings (SSSR count). The average molecular weight is 389 g/mol. The van der Waals surface area contributed by atoms with Crippen molar-refractivity contribution in [2.45, 2.75) is 45.6 Å². The van der Waals surface area contributed by atoms with Crippen molar-refractivity contribution < 1.29 is 18.0 Å². The lowest BCUT2D eigenvalue weighted by molar-refractivity contribution is -0.901. The van der Waals surface area contributed by atoms with E-state index in [4.69, 9.17) is 4.74 Å². The first-order chi connectivity index (χ1) is 13.4. The summed E-state index contributed by atoms with van der Waals surface area (Å²) in [6.07, 6.45) is 3.49. The van der Waals surface area contributed by atoms with Crippen LogP contribution in [0.15, 0.2) is 36.4 Å². The summed E-state index contributed by atoms with van der Waals surface area (Å²) in [6.45, 7) is 8.08. The highest BCUT2D eigenvalue weighted by Gasteiger charge is 2.32. The first kappa shape index (κ1) is 20.9. The number of hydrogen-bond acceptors (Lipinski definition) is 1. The Hall–Kier alpha value is -1.78. The Labute approximate surface area is 167 Å². The highest BCUT2D eigenvalue weighted by molar-refractivity contribution is 5.35. The number of benzene rings is 2. The molecule has 0 bridgehead atoms. The van der Waals surface area contributed by atoms with Crippen LogP contribution in [0.25, 0.3) is 0 Å². The number of quaternary nitrogens is 1. The molecule has 2 aromatic rings. The molecule has 0 aliphatic carbocycles. The van der Waals surface area contributed by atoms with Gasteiger partial charge in [-0.1, -0.05) is 24.3 Å². The summed E-state index contributed by atoms with van der Waals surface area (Å²) in [5.74, 6) is -0.942. The predicted molar refractivity (Wildman–Crippen MR) is 109 cm³/mol. The number of aryl methyl sites for hydroxylation is 2. The Balaban J connectivity index is 1.69. The summed E-state index contributed by atoms with van der Waals surface area (Å²) in [6, 6.07) is 10.4. The molecule has 1 unspecified atom stereocenters. The number of halogens is 2. The van der Waals surface area contributed by atoms with E-state index in [2.05, 4.69) is 39.1 Å². The molecular weight excluding hydrogens is 356 g/mol. The molecule has 1 fully saturated rings. The SMILES string of the molecule is Cc1cccc(C)c1C(C[N+]1(C)CCCC1)OCCCc1c(F)cccc1F. The van der Waals surface area contributed by atoms with Crippen molar-refractivity contribution in [1.82, 2.24) is 0 Å². The van der Waals surface area contributed by atoms with E-state index in [1.54, 1.807) is 0 Å².